The van der Waals surface area contributed by atoms with Gasteiger partial charge >= 0.3 is 6.09 Å². The summed E-state index contributed by atoms with van der Waals surface area (Å²) in [4.78, 5) is 34.2. The molecule has 1 fully saturated rings. The molecule has 4 rings (SSSR count). The van der Waals surface area contributed by atoms with Gasteiger partial charge in [0.2, 0.25) is 0 Å². The van der Waals surface area contributed by atoms with E-state index in [2.05, 4.69) is 22.1 Å². The molecule has 0 bridgehead atoms. The summed E-state index contributed by atoms with van der Waals surface area (Å²) in [6, 6.07) is 7.86. The molecule has 0 atom stereocenters. The smallest absolute Gasteiger partial charge is 0.410 e. The molecule has 1 saturated heterocycles. The van der Waals surface area contributed by atoms with Crippen molar-refractivity contribution >= 4 is 28.7 Å². The number of carbonyl (C=O) groups excluding carboxylic acids is 2. The summed E-state index contributed by atoms with van der Waals surface area (Å²) >= 11 is 0. The normalized spacial score (nSPS) is 16.4. The third-order valence-electron chi connectivity index (χ3n) is 6.47. The number of aryl methyl sites for hydroxylation is 1. The highest BCUT2D eigenvalue weighted by atomic mass is 16.6. The third-order valence-corrected chi connectivity index (χ3v) is 6.47. The van der Waals surface area contributed by atoms with Crippen molar-refractivity contribution < 1.29 is 19.1 Å². The van der Waals surface area contributed by atoms with Gasteiger partial charge in [-0.25, -0.2) is 9.79 Å². The number of amidine groups is 1. The summed E-state index contributed by atoms with van der Waals surface area (Å²) in [5, 5.41) is 4.02. The molecule has 3 heterocycles. The topological polar surface area (TPSA) is 88.4 Å². The molecule has 0 spiro atoms. The van der Waals surface area contributed by atoms with Crippen LogP contribution in [0.4, 0.5) is 4.79 Å². The number of fused-ring (bicyclic) bond motifs is 1. The van der Waals surface area contributed by atoms with Crippen molar-refractivity contribution in [3.05, 3.63) is 41.9 Å². The van der Waals surface area contributed by atoms with Crippen molar-refractivity contribution in [3.8, 4) is 5.75 Å². The largest absolute Gasteiger partial charge is 0.493 e. The Bertz CT molecular complexity index is 1200. The third kappa shape index (κ3) is 6.26. The van der Waals surface area contributed by atoms with Gasteiger partial charge in [0.1, 0.15) is 22.9 Å². The van der Waals surface area contributed by atoms with E-state index < -0.39 is 5.60 Å². The van der Waals surface area contributed by atoms with Crippen LogP contribution in [0.1, 0.15) is 64.4 Å². The summed E-state index contributed by atoms with van der Waals surface area (Å²) < 4.78 is 13.4. The first-order chi connectivity index (χ1) is 17.7. The zero-order valence-electron chi connectivity index (χ0n) is 22.7. The van der Waals surface area contributed by atoms with Gasteiger partial charge in [-0.15, -0.1) is 0 Å². The molecule has 2 aromatic rings. The first-order valence-electron chi connectivity index (χ1n) is 13.2. The summed E-state index contributed by atoms with van der Waals surface area (Å²) in [6.45, 7) is 13.7. The van der Waals surface area contributed by atoms with Gasteiger partial charge in [0.05, 0.1) is 12.1 Å². The fourth-order valence-electron chi connectivity index (χ4n) is 4.67. The molecule has 2 aliphatic rings. The van der Waals surface area contributed by atoms with Crippen molar-refractivity contribution in [3.63, 3.8) is 0 Å². The Morgan fingerprint density at radius 2 is 1.84 bits per heavy atom. The molecular weight excluding hydrogens is 470 g/mol. The number of allylic oxidation sites excluding steroid dienone is 1. The van der Waals surface area contributed by atoms with Crippen molar-refractivity contribution in [1.82, 2.24) is 19.7 Å². The summed E-state index contributed by atoms with van der Waals surface area (Å²) in [5.74, 6) is 1.65. The van der Waals surface area contributed by atoms with E-state index in [9.17, 15) is 9.59 Å². The van der Waals surface area contributed by atoms with Gasteiger partial charge in [-0.1, -0.05) is 13.0 Å². The number of rotatable bonds is 6. The van der Waals surface area contributed by atoms with Gasteiger partial charge in [0.25, 0.3) is 5.91 Å². The van der Waals surface area contributed by atoms with Crippen LogP contribution >= 0.6 is 0 Å². The Labute approximate surface area is 219 Å². The lowest BCUT2D eigenvalue weighted by atomic mass is 10.1. The number of hydrogen-bond donors (Lipinski definition) is 1. The van der Waals surface area contributed by atoms with Gasteiger partial charge < -0.3 is 29.2 Å². The zero-order valence-corrected chi connectivity index (χ0v) is 22.7. The summed E-state index contributed by atoms with van der Waals surface area (Å²) in [5.41, 5.74) is 1.91. The molecule has 0 radical (unpaired) electrons. The number of carbonyl (C=O) groups is 2. The van der Waals surface area contributed by atoms with Crippen LogP contribution in [0, 0.1) is 0 Å². The lowest BCUT2D eigenvalue weighted by molar-refractivity contribution is 0.0186. The second-order valence-corrected chi connectivity index (χ2v) is 10.4. The van der Waals surface area contributed by atoms with Crippen LogP contribution in [0.3, 0.4) is 0 Å². The van der Waals surface area contributed by atoms with Crippen molar-refractivity contribution in [2.75, 3.05) is 32.8 Å². The van der Waals surface area contributed by atoms with E-state index in [1.54, 1.807) is 11.1 Å². The molecule has 1 aromatic carbocycles. The fraction of sp³-hybridized carbons (Fsp3) is 0.536. The molecule has 0 saturated carbocycles. The van der Waals surface area contributed by atoms with Crippen LogP contribution in [0.15, 0.2) is 41.2 Å². The number of amides is 2. The Hall–Kier alpha value is -3.49. The van der Waals surface area contributed by atoms with E-state index in [4.69, 9.17) is 9.47 Å². The van der Waals surface area contributed by atoms with Crippen LogP contribution in [0.2, 0.25) is 0 Å². The average Bonchev–Trinajstić information content (AvgIpc) is 3.26. The Morgan fingerprint density at radius 3 is 2.46 bits per heavy atom. The average molecular weight is 510 g/mol. The number of piperazine rings is 1. The number of nitrogens with zero attached hydrogens (tertiary/aromatic N) is 4. The molecular formula is C28H39N5O4. The minimum absolute atomic E-state index is 0.143. The standard InChI is InChI=1S/C28H39N5O4/c1-6-17-36-24-10-8-9-22-21(24)18-23(33(22)7-2)26(34)30-20-11-12-25(29-19-20)31-13-15-32(16-14-31)27(35)37-28(3,4)5/h8-10,18-19H,6-7,11-17H2,1-5H3,(H,30,34). The van der Waals surface area contributed by atoms with Gasteiger partial charge in [0, 0.05) is 56.4 Å². The van der Waals surface area contributed by atoms with Crippen molar-refractivity contribution in [1.29, 1.82) is 0 Å². The molecule has 200 valence electrons. The number of nitrogens with one attached hydrogen (secondary N) is 1. The van der Waals surface area contributed by atoms with E-state index in [1.165, 1.54) is 0 Å². The van der Waals surface area contributed by atoms with Crippen LogP contribution in [0.5, 0.6) is 5.75 Å². The van der Waals surface area contributed by atoms with E-state index in [0.717, 1.165) is 41.0 Å². The second-order valence-electron chi connectivity index (χ2n) is 10.4. The van der Waals surface area contributed by atoms with E-state index >= 15 is 0 Å². The lowest BCUT2D eigenvalue weighted by Gasteiger charge is -2.37. The van der Waals surface area contributed by atoms with Crippen LogP contribution in [0.25, 0.3) is 10.9 Å². The quantitative estimate of drug-likeness (QED) is 0.606. The molecule has 2 aliphatic heterocycles. The number of ether oxygens (including phenoxy) is 2. The summed E-state index contributed by atoms with van der Waals surface area (Å²) in [7, 11) is 0. The monoisotopic (exact) mass is 509 g/mol. The lowest BCUT2D eigenvalue weighted by Crippen LogP contribution is -2.51. The number of hydrogen-bond acceptors (Lipinski definition) is 6. The highest BCUT2D eigenvalue weighted by Crippen LogP contribution is 2.29. The zero-order chi connectivity index (χ0) is 26.6. The fourth-order valence-corrected chi connectivity index (χ4v) is 4.67. The molecule has 1 N–H and O–H groups in total. The van der Waals surface area contributed by atoms with E-state index in [-0.39, 0.29) is 12.0 Å². The Balaban J connectivity index is 1.40. The van der Waals surface area contributed by atoms with Crippen molar-refractivity contribution in [2.45, 2.75) is 66.0 Å². The maximum absolute atomic E-state index is 13.2. The second kappa shape index (κ2) is 11.3. The van der Waals surface area contributed by atoms with Crippen LogP contribution < -0.4 is 10.1 Å². The first kappa shape index (κ1) is 26.6. The Morgan fingerprint density at radius 1 is 1.08 bits per heavy atom. The van der Waals surface area contributed by atoms with Crippen molar-refractivity contribution in [2.24, 2.45) is 4.99 Å². The maximum Gasteiger partial charge on any atom is 0.410 e. The molecule has 2 amide bonds. The molecule has 1 aromatic heterocycles. The number of aliphatic imine (C=N–C) groups is 1. The Kier molecular flexibility index (Phi) is 8.10. The van der Waals surface area contributed by atoms with Gasteiger partial charge in [-0.3, -0.25) is 4.79 Å². The van der Waals surface area contributed by atoms with Gasteiger partial charge in [-0.05, 0) is 58.7 Å². The summed E-state index contributed by atoms with van der Waals surface area (Å²) in [6.07, 6.45) is 3.86. The minimum atomic E-state index is -0.496. The molecule has 37 heavy (non-hydrogen) atoms. The number of benzene rings is 1. The van der Waals surface area contributed by atoms with Gasteiger partial charge in [-0.2, -0.15) is 0 Å². The predicted octanol–water partition coefficient (Wildman–Crippen LogP) is 4.77. The predicted molar refractivity (Wildman–Crippen MR) is 145 cm³/mol. The molecule has 9 heteroatoms. The molecule has 0 unspecified atom stereocenters. The van der Waals surface area contributed by atoms with E-state index in [0.29, 0.717) is 51.4 Å². The highest BCUT2D eigenvalue weighted by molar-refractivity contribution is 6.01. The highest BCUT2D eigenvalue weighted by Gasteiger charge is 2.28. The number of aromatic nitrogens is 1. The van der Waals surface area contributed by atoms with Crippen LogP contribution in [-0.4, -0.2) is 70.6 Å². The van der Waals surface area contributed by atoms with Gasteiger partial charge in [0.15, 0.2) is 0 Å². The maximum atomic E-state index is 13.2. The minimum Gasteiger partial charge on any atom is -0.493 e. The van der Waals surface area contributed by atoms with Crippen LogP contribution in [-0.2, 0) is 11.3 Å². The molecule has 0 aliphatic carbocycles. The van der Waals surface area contributed by atoms with E-state index in [1.807, 2.05) is 56.5 Å². The SMILES string of the molecule is CCCOc1cccc2c1cc(C(=O)NC1=CN=C(N3CCN(C(=O)OC(C)(C)C)CC3)CC1)n2CC. The first-order valence-corrected chi connectivity index (χ1v) is 13.2. The molecule has 9 nitrogen and oxygen atoms in total.